The van der Waals surface area contributed by atoms with Crippen molar-refractivity contribution in [2.45, 2.75) is 43.5 Å². The average molecular weight is 340 g/mol. The number of carbonyl (C=O) groups excluding carboxylic acids is 2. The van der Waals surface area contributed by atoms with E-state index in [1.807, 2.05) is 0 Å². The molecule has 1 amide bonds. The Labute approximate surface area is 138 Å². The highest BCUT2D eigenvalue weighted by atomic mass is 32.2. The highest BCUT2D eigenvalue weighted by Crippen LogP contribution is 2.39. The molecule has 0 spiro atoms. The van der Waals surface area contributed by atoms with Crippen molar-refractivity contribution in [3.63, 3.8) is 0 Å². The van der Waals surface area contributed by atoms with Gasteiger partial charge in [0.2, 0.25) is 5.91 Å². The molecule has 2 atom stereocenters. The lowest BCUT2D eigenvalue weighted by Gasteiger charge is -2.47. The fourth-order valence-corrected chi connectivity index (χ4v) is 4.58. The van der Waals surface area contributed by atoms with Gasteiger partial charge in [0.05, 0.1) is 5.92 Å². The number of β-lactam (4-membered cyclic amide) rings is 1. The second-order valence-electron chi connectivity index (χ2n) is 6.14. The maximum atomic E-state index is 12.1. The smallest absolute Gasteiger partial charge is 0.352 e. The van der Waals surface area contributed by atoms with E-state index in [-0.39, 0.29) is 29.6 Å². The number of hydrogen-bond acceptors (Lipinski definition) is 6. The molecule has 0 aromatic heterocycles. The predicted molar refractivity (Wildman–Crippen MR) is 83.3 cm³/mol. The number of carboxylic acids is 1. The molecule has 3 rings (SSSR count). The van der Waals surface area contributed by atoms with Gasteiger partial charge in [0.25, 0.3) is 0 Å². The lowest BCUT2D eigenvalue weighted by atomic mass is 9.89. The van der Waals surface area contributed by atoms with Gasteiger partial charge in [0.1, 0.15) is 23.7 Å². The van der Waals surface area contributed by atoms with Crippen molar-refractivity contribution in [2.24, 2.45) is 11.7 Å². The van der Waals surface area contributed by atoms with Crippen LogP contribution in [0.15, 0.2) is 11.3 Å². The summed E-state index contributed by atoms with van der Waals surface area (Å²) in [5.41, 5.74) is 6.08. The molecule has 2 fully saturated rings. The Hall–Kier alpha value is -1.54. The minimum absolute atomic E-state index is 0.0723. The summed E-state index contributed by atoms with van der Waals surface area (Å²) < 4.78 is 5.33. The summed E-state index contributed by atoms with van der Waals surface area (Å²) in [6.07, 6.45) is 4.87. The fraction of sp³-hybridized carbons (Fsp3) is 0.667. The van der Waals surface area contributed by atoms with Crippen molar-refractivity contribution in [1.29, 1.82) is 0 Å². The predicted octanol–water partition coefficient (Wildman–Crippen LogP) is 0.691. The minimum Gasteiger partial charge on any atom is -0.477 e. The second kappa shape index (κ2) is 6.52. The number of aliphatic carboxylic acids is 1. The van der Waals surface area contributed by atoms with E-state index in [0.29, 0.717) is 11.3 Å². The minimum atomic E-state index is -1.18. The van der Waals surface area contributed by atoms with E-state index < -0.39 is 17.9 Å². The standard InChI is InChI=1S/C15H20N2O5S/c16-10-12(18)17-11(14(19)20)9(7-23-13(10)17)6-22-15(21)8-4-2-1-3-5-8/h8,10,13H,1-7,16H2,(H,19,20)/t10?,13-/m1/s1. The van der Waals surface area contributed by atoms with E-state index in [4.69, 9.17) is 10.5 Å². The number of thioether (sulfide) groups is 1. The maximum Gasteiger partial charge on any atom is 0.352 e. The molecule has 1 saturated carbocycles. The van der Waals surface area contributed by atoms with E-state index >= 15 is 0 Å². The summed E-state index contributed by atoms with van der Waals surface area (Å²) in [5, 5.41) is 9.08. The van der Waals surface area contributed by atoms with Gasteiger partial charge >= 0.3 is 11.9 Å². The Morgan fingerprint density at radius 1 is 1.30 bits per heavy atom. The largest absolute Gasteiger partial charge is 0.477 e. The summed E-state index contributed by atoms with van der Waals surface area (Å²) in [4.78, 5) is 36.6. The first kappa shape index (κ1) is 16.3. The first-order chi connectivity index (χ1) is 11.0. The third-order valence-corrected chi connectivity index (χ3v) is 5.98. The molecular weight excluding hydrogens is 320 g/mol. The molecule has 0 radical (unpaired) electrons. The van der Waals surface area contributed by atoms with Crippen LogP contribution in [0.25, 0.3) is 0 Å². The molecule has 2 aliphatic heterocycles. The summed E-state index contributed by atoms with van der Waals surface area (Å²) >= 11 is 1.41. The molecule has 0 aromatic rings. The van der Waals surface area contributed by atoms with Crippen LogP contribution in [0, 0.1) is 5.92 Å². The summed E-state index contributed by atoms with van der Waals surface area (Å²) in [7, 11) is 0. The molecule has 3 aliphatic rings. The lowest BCUT2D eigenvalue weighted by Crippen LogP contribution is -2.68. The molecule has 126 valence electrons. The number of nitrogens with two attached hydrogens (primary N) is 1. The van der Waals surface area contributed by atoms with Gasteiger partial charge in [-0.05, 0) is 12.8 Å². The Bertz CT molecular complexity index is 570. The van der Waals surface area contributed by atoms with Crippen LogP contribution in [0.1, 0.15) is 32.1 Å². The SMILES string of the molecule is NC1C(=O)N2C(C(=O)O)=C(COC(=O)C3CCCCC3)CS[C@H]12. The van der Waals surface area contributed by atoms with Crippen LogP contribution >= 0.6 is 11.8 Å². The third-order valence-electron chi connectivity index (χ3n) is 4.62. The second-order valence-corrected chi connectivity index (χ2v) is 7.24. The highest BCUT2D eigenvalue weighted by molar-refractivity contribution is 8.00. The van der Waals surface area contributed by atoms with Gasteiger partial charge in [-0.3, -0.25) is 14.5 Å². The number of esters is 1. The number of fused-ring (bicyclic) bond motifs is 1. The first-order valence-corrected chi connectivity index (χ1v) is 8.87. The molecule has 7 nitrogen and oxygen atoms in total. The Kier molecular flexibility index (Phi) is 4.63. The monoisotopic (exact) mass is 340 g/mol. The summed E-state index contributed by atoms with van der Waals surface area (Å²) in [5.74, 6) is -1.52. The lowest BCUT2D eigenvalue weighted by molar-refractivity contribution is -0.150. The van der Waals surface area contributed by atoms with E-state index in [0.717, 1.165) is 32.1 Å². The van der Waals surface area contributed by atoms with Gasteiger partial charge < -0.3 is 15.6 Å². The maximum absolute atomic E-state index is 12.1. The molecule has 1 aliphatic carbocycles. The van der Waals surface area contributed by atoms with Crippen LogP contribution in [0.3, 0.4) is 0 Å². The van der Waals surface area contributed by atoms with Crippen molar-refractivity contribution in [2.75, 3.05) is 12.4 Å². The highest BCUT2D eigenvalue weighted by Gasteiger charge is 2.51. The zero-order chi connectivity index (χ0) is 16.6. The number of hydrogen-bond donors (Lipinski definition) is 2. The van der Waals surface area contributed by atoms with Crippen molar-refractivity contribution >= 4 is 29.6 Å². The number of amides is 1. The zero-order valence-corrected chi connectivity index (χ0v) is 13.5. The van der Waals surface area contributed by atoms with E-state index in [9.17, 15) is 19.5 Å². The number of rotatable bonds is 4. The third kappa shape index (κ3) is 2.97. The van der Waals surface area contributed by atoms with Gasteiger partial charge in [-0.25, -0.2) is 4.79 Å². The molecule has 0 bridgehead atoms. The average Bonchev–Trinajstić information content (AvgIpc) is 2.58. The van der Waals surface area contributed by atoms with Crippen LogP contribution < -0.4 is 5.73 Å². The van der Waals surface area contributed by atoms with Crippen LogP contribution in [-0.2, 0) is 19.1 Å². The first-order valence-electron chi connectivity index (χ1n) is 7.83. The fourth-order valence-electron chi connectivity index (χ4n) is 3.31. The van der Waals surface area contributed by atoms with Crippen LogP contribution in [0.4, 0.5) is 0 Å². The molecule has 23 heavy (non-hydrogen) atoms. The molecular formula is C15H20N2O5S. The van der Waals surface area contributed by atoms with Gasteiger partial charge in [0.15, 0.2) is 0 Å². The van der Waals surface area contributed by atoms with E-state index in [2.05, 4.69) is 0 Å². The van der Waals surface area contributed by atoms with Crippen molar-refractivity contribution in [3.05, 3.63) is 11.3 Å². The van der Waals surface area contributed by atoms with Crippen LogP contribution in [-0.4, -0.2) is 51.6 Å². The van der Waals surface area contributed by atoms with Crippen molar-refractivity contribution < 1.29 is 24.2 Å². The van der Waals surface area contributed by atoms with Crippen molar-refractivity contribution in [1.82, 2.24) is 4.90 Å². The molecule has 2 heterocycles. The topological polar surface area (TPSA) is 110 Å². The Morgan fingerprint density at radius 3 is 2.65 bits per heavy atom. The normalized spacial score (nSPS) is 28.2. The summed E-state index contributed by atoms with van der Waals surface area (Å²) in [6.45, 7) is -0.0737. The zero-order valence-electron chi connectivity index (χ0n) is 12.7. The Balaban J connectivity index is 1.68. The summed E-state index contributed by atoms with van der Waals surface area (Å²) in [6, 6.07) is -0.652. The van der Waals surface area contributed by atoms with Crippen molar-refractivity contribution in [3.8, 4) is 0 Å². The van der Waals surface area contributed by atoms with Gasteiger partial charge in [-0.1, -0.05) is 19.3 Å². The van der Waals surface area contributed by atoms with Gasteiger partial charge in [0, 0.05) is 11.3 Å². The molecule has 3 N–H and O–H groups in total. The molecule has 0 aromatic carbocycles. The van der Waals surface area contributed by atoms with E-state index in [1.165, 1.54) is 16.7 Å². The van der Waals surface area contributed by atoms with Gasteiger partial charge in [-0.2, -0.15) is 0 Å². The van der Waals surface area contributed by atoms with Crippen LogP contribution in [0.2, 0.25) is 0 Å². The number of carboxylic acid groups (broad SMARTS) is 1. The number of nitrogens with zero attached hydrogens (tertiary/aromatic N) is 1. The van der Waals surface area contributed by atoms with Crippen LogP contribution in [0.5, 0.6) is 0 Å². The Morgan fingerprint density at radius 2 is 2.00 bits per heavy atom. The number of ether oxygens (including phenoxy) is 1. The quantitative estimate of drug-likeness (QED) is 0.572. The van der Waals surface area contributed by atoms with E-state index in [1.54, 1.807) is 0 Å². The molecule has 1 saturated heterocycles. The van der Waals surface area contributed by atoms with Gasteiger partial charge in [-0.15, -0.1) is 11.8 Å². The molecule has 1 unspecified atom stereocenters. The number of carbonyl (C=O) groups is 3. The molecule has 8 heteroatoms.